The summed E-state index contributed by atoms with van der Waals surface area (Å²) in [6, 6.07) is 14.5. The van der Waals surface area contributed by atoms with Gasteiger partial charge in [0.1, 0.15) is 5.82 Å². The molecule has 0 saturated heterocycles. The lowest BCUT2D eigenvalue weighted by atomic mass is 10.2. The molecule has 76 valence electrons. The SMILES string of the molecule is Cc1cccc(Nc2ccccc2F)c1. The maximum Gasteiger partial charge on any atom is 0.146 e. The van der Waals surface area contributed by atoms with Gasteiger partial charge < -0.3 is 5.32 Å². The summed E-state index contributed by atoms with van der Waals surface area (Å²) < 4.78 is 13.3. The summed E-state index contributed by atoms with van der Waals surface area (Å²) in [4.78, 5) is 0. The Morgan fingerprint density at radius 3 is 2.53 bits per heavy atom. The van der Waals surface area contributed by atoms with Crippen molar-refractivity contribution >= 4 is 11.4 Å². The van der Waals surface area contributed by atoms with E-state index in [1.807, 2.05) is 31.2 Å². The van der Waals surface area contributed by atoms with Crippen LogP contribution in [0.15, 0.2) is 48.5 Å². The van der Waals surface area contributed by atoms with E-state index in [0.29, 0.717) is 5.69 Å². The van der Waals surface area contributed by atoms with E-state index in [1.165, 1.54) is 6.07 Å². The van der Waals surface area contributed by atoms with Crippen molar-refractivity contribution in [3.63, 3.8) is 0 Å². The van der Waals surface area contributed by atoms with Crippen molar-refractivity contribution in [1.29, 1.82) is 0 Å². The Balaban J connectivity index is 2.26. The van der Waals surface area contributed by atoms with Gasteiger partial charge in [0, 0.05) is 5.69 Å². The smallest absolute Gasteiger partial charge is 0.146 e. The summed E-state index contributed by atoms with van der Waals surface area (Å²) in [5, 5.41) is 3.04. The molecule has 0 aliphatic carbocycles. The number of aryl methyl sites for hydroxylation is 1. The highest BCUT2D eigenvalue weighted by atomic mass is 19.1. The van der Waals surface area contributed by atoms with Gasteiger partial charge in [-0.25, -0.2) is 4.39 Å². The minimum Gasteiger partial charge on any atom is -0.353 e. The number of hydrogen-bond acceptors (Lipinski definition) is 1. The average molecular weight is 201 g/mol. The number of nitrogens with one attached hydrogen (secondary N) is 1. The van der Waals surface area contributed by atoms with Crippen molar-refractivity contribution in [3.8, 4) is 0 Å². The van der Waals surface area contributed by atoms with Gasteiger partial charge in [0.05, 0.1) is 5.69 Å². The Morgan fingerprint density at radius 2 is 1.80 bits per heavy atom. The lowest BCUT2D eigenvalue weighted by molar-refractivity contribution is 0.632. The average Bonchev–Trinajstić information content (AvgIpc) is 2.22. The number of para-hydroxylation sites is 1. The summed E-state index contributed by atoms with van der Waals surface area (Å²) in [5.41, 5.74) is 2.56. The molecule has 1 N–H and O–H groups in total. The molecule has 2 aromatic carbocycles. The van der Waals surface area contributed by atoms with Gasteiger partial charge in [0.2, 0.25) is 0 Å². The van der Waals surface area contributed by atoms with E-state index in [-0.39, 0.29) is 5.82 Å². The topological polar surface area (TPSA) is 12.0 Å². The molecule has 1 nitrogen and oxygen atoms in total. The molecule has 2 aromatic rings. The lowest BCUT2D eigenvalue weighted by Gasteiger charge is -2.07. The third kappa shape index (κ3) is 2.34. The van der Waals surface area contributed by atoms with Crippen LogP contribution in [0.3, 0.4) is 0 Å². The summed E-state index contributed by atoms with van der Waals surface area (Å²) in [7, 11) is 0. The second kappa shape index (κ2) is 4.13. The molecule has 0 aliphatic heterocycles. The molecule has 0 heterocycles. The maximum absolute atomic E-state index is 13.3. The van der Waals surface area contributed by atoms with Gasteiger partial charge in [-0.05, 0) is 36.8 Å². The van der Waals surface area contributed by atoms with Crippen molar-refractivity contribution in [1.82, 2.24) is 0 Å². The molecular formula is C13H12FN. The molecule has 0 unspecified atom stereocenters. The lowest BCUT2D eigenvalue weighted by Crippen LogP contribution is -1.93. The Morgan fingerprint density at radius 1 is 1.00 bits per heavy atom. The molecule has 2 rings (SSSR count). The fourth-order valence-electron chi connectivity index (χ4n) is 1.44. The Hall–Kier alpha value is -1.83. The number of halogens is 1. The van der Waals surface area contributed by atoms with Gasteiger partial charge in [-0.3, -0.25) is 0 Å². The van der Waals surface area contributed by atoms with E-state index in [4.69, 9.17) is 0 Å². The fourth-order valence-corrected chi connectivity index (χ4v) is 1.44. The van der Waals surface area contributed by atoms with E-state index in [1.54, 1.807) is 18.2 Å². The molecule has 0 spiro atoms. The molecule has 0 amide bonds. The summed E-state index contributed by atoms with van der Waals surface area (Å²) in [5.74, 6) is -0.237. The maximum atomic E-state index is 13.3. The van der Waals surface area contributed by atoms with Crippen LogP contribution in [0, 0.1) is 12.7 Å². The molecule has 15 heavy (non-hydrogen) atoms. The normalized spacial score (nSPS) is 10.0. The highest BCUT2D eigenvalue weighted by molar-refractivity contribution is 5.60. The summed E-state index contributed by atoms with van der Waals surface area (Å²) in [6.45, 7) is 2.01. The van der Waals surface area contributed by atoms with E-state index in [0.717, 1.165) is 11.3 Å². The predicted molar refractivity (Wildman–Crippen MR) is 60.9 cm³/mol. The number of hydrogen-bond donors (Lipinski definition) is 1. The van der Waals surface area contributed by atoms with Crippen LogP contribution in [0.1, 0.15) is 5.56 Å². The first kappa shape index (κ1) is 9.71. The van der Waals surface area contributed by atoms with E-state index < -0.39 is 0 Å². The zero-order chi connectivity index (χ0) is 10.7. The molecular weight excluding hydrogens is 189 g/mol. The zero-order valence-electron chi connectivity index (χ0n) is 8.50. The number of benzene rings is 2. The van der Waals surface area contributed by atoms with Crippen molar-refractivity contribution in [3.05, 3.63) is 59.9 Å². The van der Waals surface area contributed by atoms with Gasteiger partial charge in [-0.1, -0.05) is 24.3 Å². The third-order valence-corrected chi connectivity index (χ3v) is 2.17. The minimum absolute atomic E-state index is 0.237. The molecule has 0 aliphatic rings. The van der Waals surface area contributed by atoms with Crippen LogP contribution in [-0.4, -0.2) is 0 Å². The monoisotopic (exact) mass is 201 g/mol. The van der Waals surface area contributed by atoms with Crippen molar-refractivity contribution in [2.24, 2.45) is 0 Å². The highest BCUT2D eigenvalue weighted by Gasteiger charge is 2.00. The van der Waals surface area contributed by atoms with Gasteiger partial charge in [0.25, 0.3) is 0 Å². The summed E-state index contributed by atoms with van der Waals surface area (Å²) in [6.07, 6.45) is 0. The van der Waals surface area contributed by atoms with Crippen LogP contribution in [-0.2, 0) is 0 Å². The van der Waals surface area contributed by atoms with Crippen LogP contribution >= 0.6 is 0 Å². The second-order valence-corrected chi connectivity index (χ2v) is 3.47. The standard InChI is InChI=1S/C13H12FN/c1-10-5-4-6-11(9-10)15-13-8-3-2-7-12(13)14/h2-9,15H,1H3. The molecule has 0 fully saturated rings. The first-order valence-corrected chi connectivity index (χ1v) is 4.84. The first-order valence-electron chi connectivity index (χ1n) is 4.84. The Kier molecular flexibility index (Phi) is 2.68. The molecule has 0 saturated carbocycles. The summed E-state index contributed by atoms with van der Waals surface area (Å²) >= 11 is 0. The molecule has 0 atom stereocenters. The van der Waals surface area contributed by atoms with Crippen molar-refractivity contribution < 1.29 is 4.39 Å². The first-order chi connectivity index (χ1) is 7.25. The Bertz CT molecular complexity index is 466. The van der Waals surface area contributed by atoms with Crippen molar-refractivity contribution in [2.45, 2.75) is 6.92 Å². The van der Waals surface area contributed by atoms with Crippen LogP contribution in [0.2, 0.25) is 0 Å². The third-order valence-electron chi connectivity index (χ3n) is 2.17. The molecule has 0 radical (unpaired) electrons. The molecule has 2 heteroatoms. The van der Waals surface area contributed by atoms with E-state index in [9.17, 15) is 4.39 Å². The van der Waals surface area contributed by atoms with Crippen LogP contribution in [0.25, 0.3) is 0 Å². The van der Waals surface area contributed by atoms with Gasteiger partial charge >= 0.3 is 0 Å². The minimum atomic E-state index is -0.237. The Labute approximate surface area is 88.6 Å². The second-order valence-electron chi connectivity index (χ2n) is 3.47. The molecule has 0 aromatic heterocycles. The van der Waals surface area contributed by atoms with Crippen LogP contribution in [0.5, 0.6) is 0 Å². The van der Waals surface area contributed by atoms with Crippen LogP contribution < -0.4 is 5.32 Å². The predicted octanol–water partition coefficient (Wildman–Crippen LogP) is 3.88. The van der Waals surface area contributed by atoms with Crippen molar-refractivity contribution in [2.75, 3.05) is 5.32 Å². The zero-order valence-corrected chi connectivity index (χ0v) is 8.50. The fraction of sp³-hybridized carbons (Fsp3) is 0.0769. The quantitative estimate of drug-likeness (QED) is 0.777. The molecule has 0 bridgehead atoms. The van der Waals surface area contributed by atoms with Gasteiger partial charge in [-0.2, -0.15) is 0 Å². The van der Waals surface area contributed by atoms with Gasteiger partial charge in [-0.15, -0.1) is 0 Å². The number of rotatable bonds is 2. The largest absolute Gasteiger partial charge is 0.353 e. The van der Waals surface area contributed by atoms with E-state index >= 15 is 0 Å². The number of anilines is 2. The van der Waals surface area contributed by atoms with Crippen LogP contribution in [0.4, 0.5) is 15.8 Å². The van der Waals surface area contributed by atoms with E-state index in [2.05, 4.69) is 5.32 Å². The van der Waals surface area contributed by atoms with Gasteiger partial charge in [0.15, 0.2) is 0 Å². The highest BCUT2D eigenvalue weighted by Crippen LogP contribution is 2.19.